The normalized spacial score (nSPS) is 25.0. The number of hydrogen-bond donors (Lipinski definition) is 1. The Kier molecular flexibility index (Phi) is 5.89. The Morgan fingerprint density at radius 3 is 2.30 bits per heavy atom. The van der Waals surface area contributed by atoms with Gasteiger partial charge in [0.05, 0.1) is 35.9 Å². The van der Waals surface area contributed by atoms with Gasteiger partial charge in [-0.2, -0.15) is 13.2 Å². The average Bonchev–Trinajstić information content (AvgIpc) is 2.73. The van der Waals surface area contributed by atoms with Gasteiger partial charge in [0, 0.05) is 6.04 Å². The van der Waals surface area contributed by atoms with Gasteiger partial charge in [-0.15, -0.1) is 0 Å². The molecule has 1 saturated carbocycles. The maximum Gasteiger partial charge on any atom is 0.416 e. The largest absolute Gasteiger partial charge is 0.416 e. The molecular weight excluding hydrogens is 419 g/mol. The first-order chi connectivity index (χ1) is 14.2. The Morgan fingerprint density at radius 1 is 0.900 bits per heavy atom. The number of sulfonamides is 1. The number of rotatable bonds is 4. The third-order valence-corrected chi connectivity index (χ3v) is 7.02. The molecule has 5 nitrogen and oxygen atoms in total. The zero-order valence-corrected chi connectivity index (χ0v) is 16.9. The zero-order chi connectivity index (χ0) is 21.4. The van der Waals surface area contributed by atoms with Gasteiger partial charge in [0.2, 0.25) is 10.0 Å². The van der Waals surface area contributed by atoms with Gasteiger partial charge in [0.15, 0.2) is 0 Å². The Balaban J connectivity index is 1.47. The maximum atomic E-state index is 12.9. The van der Waals surface area contributed by atoms with Crippen LogP contribution < -0.4 is 4.72 Å². The van der Waals surface area contributed by atoms with Crippen molar-refractivity contribution in [3.8, 4) is 11.1 Å². The molecule has 0 unspecified atom stereocenters. The van der Waals surface area contributed by atoms with E-state index in [1.54, 1.807) is 6.07 Å². The van der Waals surface area contributed by atoms with E-state index in [1.807, 2.05) is 0 Å². The van der Waals surface area contributed by atoms with Crippen LogP contribution in [0.1, 0.15) is 24.8 Å². The second-order valence-corrected chi connectivity index (χ2v) is 9.27. The number of benzene rings is 2. The van der Waals surface area contributed by atoms with Crippen molar-refractivity contribution in [2.75, 3.05) is 13.2 Å². The van der Waals surface area contributed by atoms with Gasteiger partial charge in [-0.1, -0.05) is 24.3 Å². The van der Waals surface area contributed by atoms with Crippen molar-refractivity contribution >= 4 is 10.0 Å². The highest BCUT2D eigenvalue weighted by Gasteiger charge is 2.36. The first kappa shape index (κ1) is 21.3. The highest BCUT2D eigenvalue weighted by atomic mass is 32.2. The van der Waals surface area contributed by atoms with Crippen LogP contribution in [-0.4, -0.2) is 39.9 Å². The highest BCUT2D eigenvalue weighted by molar-refractivity contribution is 7.89. The number of fused-ring (bicyclic) bond motifs is 1. The number of nitrogens with one attached hydrogen (secondary N) is 1. The molecule has 2 aliphatic rings. The second-order valence-electron chi connectivity index (χ2n) is 7.55. The minimum Gasteiger partial charge on any atom is -0.373 e. The van der Waals surface area contributed by atoms with Crippen molar-refractivity contribution in [1.29, 1.82) is 0 Å². The Bertz CT molecular complexity index is 992. The molecular formula is C21H22F3NO4S. The fourth-order valence-corrected chi connectivity index (χ4v) is 5.25. The molecule has 1 heterocycles. The summed E-state index contributed by atoms with van der Waals surface area (Å²) in [5.41, 5.74) is 0.130. The predicted octanol–water partition coefficient (Wildman–Crippen LogP) is 3.99. The fraction of sp³-hybridized carbons (Fsp3) is 0.429. The highest BCUT2D eigenvalue weighted by Crippen LogP contribution is 2.32. The minimum absolute atomic E-state index is 0.0197. The smallest absolute Gasteiger partial charge is 0.373 e. The molecule has 2 aromatic carbocycles. The van der Waals surface area contributed by atoms with E-state index in [0.717, 1.165) is 18.6 Å². The van der Waals surface area contributed by atoms with Crippen molar-refractivity contribution in [3.05, 3.63) is 54.1 Å². The van der Waals surface area contributed by atoms with E-state index in [2.05, 4.69) is 4.72 Å². The van der Waals surface area contributed by atoms with E-state index in [4.69, 9.17) is 9.47 Å². The first-order valence-corrected chi connectivity index (χ1v) is 11.2. The molecule has 1 saturated heterocycles. The number of halogens is 3. The molecule has 1 N–H and O–H groups in total. The van der Waals surface area contributed by atoms with Crippen LogP contribution in [0, 0.1) is 0 Å². The standard InChI is InChI=1S/C21H22F3NO4S/c22-21(23,24)16-3-1-2-15(12-16)14-4-7-18(8-5-14)30(26,27)25-17-6-9-19-20(13-17)29-11-10-28-19/h1-5,7-8,12,17,19-20,25H,6,9-11,13H2/t17-,19-,20+/m1/s1. The maximum absolute atomic E-state index is 12.9. The SMILES string of the molecule is O=S(=O)(N[C@@H]1CC[C@H]2OCCO[C@H]2C1)c1ccc(-c2cccc(C(F)(F)F)c2)cc1. The van der Waals surface area contributed by atoms with Crippen LogP contribution in [0.3, 0.4) is 0 Å². The summed E-state index contributed by atoms with van der Waals surface area (Å²) in [5, 5.41) is 0. The fourth-order valence-electron chi connectivity index (χ4n) is 3.96. The van der Waals surface area contributed by atoms with Crippen LogP contribution in [-0.2, 0) is 25.7 Å². The van der Waals surface area contributed by atoms with Crippen LogP contribution in [0.15, 0.2) is 53.4 Å². The monoisotopic (exact) mass is 441 g/mol. The van der Waals surface area contributed by atoms with E-state index in [0.29, 0.717) is 37.2 Å². The van der Waals surface area contributed by atoms with Gasteiger partial charge in [0.25, 0.3) is 0 Å². The Morgan fingerprint density at radius 2 is 1.60 bits per heavy atom. The molecule has 3 atom stereocenters. The van der Waals surface area contributed by atoms with Crippen LogP contribution >= 0.6 is 0 Å². The average molecular weight is 441 g/mol. The molecule has 4 rings (SSSR count). The molecule has 0 amide bonds. The quantitative estimate of drug-likeness (QED) is 0.780. The molecule has 1 aliphatic carbocycles. The number of alkyl halides is 3. The van der Waals surface area contributed by atoms with Gasteiger partial charge in [-0.25, -0.2) is 13.1 Å². The van der Waals surface area contributed by atoms with E-state index < -0.39 is 21.8 Å². The summed E-state index contributed by atoms with van der Waals surface area (Å²) in [7, 11) is -3.75. The first-order valence-electron chi connectivity index (χ1n) is 9.76. The van der Waals surface area contributed by atoms with E-state index in [-0.39, 0.29) is 23.1 Å². The summed E-state index contributed by atoms with van der Waals surface area (Å²) in [6.07, 6.45) is -2.59. The van der Waals surface area contributed by atoms with E-state index in [9.17, 15) is 21.6 Å². The van der Waals surface area contributed by atoms with Crippen molar-refractivity contribution in [2.24, 2.45) is 0 Å². The summed E-state index contributed by atoms with van der Waals surface area (Å²) in [5.74, 6) is 0. The van der Waals surface area contributed by atoms with Gasteiger partial charge in [-0.3, -0.25) is 0 Å². The third-order valence-electron chi connectivity index (χ3n) is 5.49. The zero-order valence-electron chi connectivity index (χ0n) is 16.1. The molecule has 162 valence electrons. The van der Waals surface area contributed by atoms with Crippen molar-refractivity contribution < 1.29 is 31.1 Å². The lowest BCUT2D eigenvalue weighted by Crippen LogP contribution is -2.49. The van der Waals surface area contributed by atoms with Gasteiger partial charge < -0.3 is 9.47 Å². The van der Waals surface area contributed by atoms with Gasteiger partial charge in [0.1, 0.15) is 0 Å². The molecule has 0 bridgehead atoms. The summed E-state index contributed by atoms with van der Waals surface area (Å²) < 4.78 is 78.4. The van der Waals surface area contributed by atoms with E-state index >= 15 is 0 Å². The van der Waals surface area contributed by atoms with Gasteiger partial charge >= 0.3 is 6.18 Å². The Labute approximate surface area is 173 Å². The number of hydrogen-bond acceptors (Lipinski definition) is 4. The summed E-state index contributed by atoms with van der Waals surface area (Å²) in [6.45, 7) is 1.08. The second kappa shape index (κ2) is 8.30. The Hall–Kier alpha value is -1.94. The molecule has 9 heteroatoms. The van der Waals surface area contributed by atoms with Gasteiger partial charge in [-0.05, 0) is 54.7 Å². The molecule has 0 radical (unpaired) electrons. The van der Waals surface area contributed by atoms with Crippen LogP contribution in [0.5, 0.6) is 0 Å². The molecule has 0 spiro atoms. The number of ether oxygens (including phenoxy) is 2. The summed E-state index contributed by atoms with van der Waals surface area (Å²) >= 11 is 0. The van der Waals surface area contributed by atoms with Crippen molar-refractivity contribution in [1.82, 2.24) is 4.72 Å². The third kappa shape index (κ3) is 4.69. The van der Waals surface area contributed by atoms with Crippen LogP contribution in [0.25, 0.3) is 11.1 Å². The lowest BCUT2D eigenvalue weighted by atomic mass is 9.90. The topological polar surface area (TPSA) is 64.6 Å². The molecule has 30 heavy (non-hydrogen) atoms. The summed E-state index contributed by atoms with van der Waals surface area (Å²) in [4.78, 5) is 0.0705. The van der Waals surface area contributed by atoms with E-state index in [1.165, 1.54) is 30.3 Å². The molecule has 1 aliphatic heterocycles. The molecule has 0 aromatic heterocycles. The minimum atomic E-state index is -4.44. The molecule has 2 fully saturated rings. The lowest BCUT2D eigenvalue weighted by Gasteiger charge is -2.38. The van der Waals surface area contributed by atoms with Crippen molar-refractivity contribution in [3.63, 3.8) is 0 Å². The van der Waals surface area contributed by atoms with Crippen LogP contribution in [0.4, 0.5) is 13.2 Å². The predicted molar refractivity (Wildman–Crippen MR) is 104 cm³/mol. The molecule has 2 aromatic rings. The summed E-state index contributed by atoms with van der Waals surface area (Å²) in [6, 6.07) is 10.5. The van der Waals surface area contributed by atoms with Crippen LogP contribution in [0.2, 0.25) is 0 Å². The lowest BCUT2D eigenvalue weighted by molar-refractivity contribution is -0.156. The van der Waals surface area contributed by atoms with Crippen molar-refractivity contribution in [2.45, 2.75) is 48.6 Å².